The summed E-state index contributed by atoms with van der Waals surface area (Å²) in [5.74, 6) is -1.27. The van der Waals surface area contributed by atoms with Crippen molar-refractivity contribution in [2.75, 3.05) is 39.4 Å². The Bertz CT molecular complexity index is 1070. The van der Waals surface area contributed by atoms with E-state index in [0.29, 0.717) is 12.1 Å². The van der Waals surface area contributed by atoms with Crippen molar-refractivity contribution >= 4 is 17.4 Å². The van der Waals surface area contributed by atoms with Crippen LogP contribution in [-0.2, 0) is 14.3 Å². The molecule has 0 bridgehead atoms. The van der Waals surface area contributed by atoms with Gasteiger partial charge in [0.05, 0.1) is 24.8 Å². The Morgan fingerprint density at radius 2 is 1.64 bits per heavy atom. The summed E-state index contributed by atoms with van der Waals surface area (Å²) in [7, 11) is 0. The fraction of sp³-hybridized carbons (Fsp3) is 0.407. The van der Waals surface area contributed by atoms with Crippen LogP contribution in [0.1, 0.15) is 40.3 Å². The van der Waals surface area contributed by atoms with Gasteiger partial charge in [-0.1, -0.05) is 47.5 Å². The average molecular weight is 449 g/mol. The molecule has 2 aromatic carbocycles. The summed E-state index contributed by atoms with van der Waals surface area (Å²) < 4.78 is 5.41. The van der Waals surface area contributed by atoms with Gasteiger partial charge < -0.3 is 14.7 Å². The van der Waals surface area contributed by atoms with Crippen LogP contribution in [0.15, 0.2) is 48.0 Å². The molecular weight excluding hydrogens is 416 g/mol. The lowest BCUT2D eigenvalue weighted by Crippen LogP contribution is -2.38. The Labute approximate surface area is 195 Å². The van der Waals surface area contributed by atoms with Crippen LogP contribution >= 0.6 is 0 Å². The molecule has 174 valence electrons. The maximum atomic E-state index is 13.2. The smallest absolute Gasteiger partial charge is 0.295 e. The highest BCUT2D eigenvalue weighted by molar-refractivity contribution is 6.46. The minimum atomic E-state index is -0.620. The lowest BCUT2D eigenvalue weighted by molar-refractivity contribution is -0.140. The van der Waals surface area contributed by atoms with Gasteiger partial charge in [-0.15, -0.1) is 0 Å². The second kappa shape index (κ2) is 9.89. The zero-order valence-electron chi connectivity index (χ0n) is 19.6. The van der Waals surface area contributed by atoms with Gasteiger partial charge in [0, 0.05) is 31.7 Å². The molecule has 0 unspecified atom stereocenters. The van der Waals surface area contributed by atoms with E-state index >= 15 is 0 Å². The van der Waals surface area contributed by atoms with E-state index < -0.39 is 17.7 Å². The van der Waals surface area contributed by atoms with Crippen molar-refractivity contribution in [3.63, 3.8) is 0 Å². The second-order valence-corrected chi connectivity index (χ2v) is 9.03. The molecule has 2 saturated heterocycles. The Balaban J connectivity index is 1.70. The van der Waals surface area contributed by atoms with Gasteiger partial charge in [0.2, 0.25) is 0 Å². The van der Waals surface area contributed by atoms with Gasteiger partial charge in [-0.2, -0.15) is 0 Å². The van der Waals surface area contributed by atoms with Crippen LogP contribution in [0.4, 0.5) is 0 Å². The van der Waals surface area contributed by atoms with E-state index in [1.807, 2.05) is 63.2 Å². The van der Waals surface area contributed by atoms with Gasteiger partial charge >= 0.3 is 0 Å². The third-order valence-electron chi connectivity index (χ3n) is 6.56. The molecule has 6 nitrogen and oxygen atoms in total. The lowest BCUT2D eigenvalue weighted by atomic mass is 9.93. The first kappa shape index (κ1) is 23.2. The topological polar surface area (TPSA) is 70.1 Å². The quantitative estimate of drug-likeness (QED) is 0.414. The first-order valence-corrected chi connectivity index (χ1v) is 11.6. The number of amides is 1. The zero-order valence-corrected chi connectivity index (χ0v) is 19.6. The standard InChI is InChI=1S/C27H32N2O4/c1-18-6-9-21(10-7-18)24-23(25(30)22-17-19(2)5-8-20(22)3)26(31)27(32)29(24)12-4-11-28-13-15-33-16-14-28/h5-10,17,24,30H,4,11-16H2,1-3H3/t24-/m1/s1. The number of aliphatic hydroxyl groups is 1. The molecule has 1 N–H and O–H groups in total. The van der Waals surface area contributed by atoms with Crippen molar-refractivity contribution in [1.82, 2.24) is 9.80 Å². The number of carbonyl (C=O) groups is 2. The summed E-state index contributed by atoms with van der Waals surface area (Å²) in [5, 5.41) is 11.3. The van der Waals surface area contributed by atoms with E-state index in [-0.39, 0.29) is 11.3 Å². The van der Waals surface area contributed by atoms with Crippen molar-refractivity contribution in [2.24, 2.45) is 0 Å². The van der Waals surface area contributed by atoms with Crippen LogP contribution < -0.4 is 0 Å². The summed E-state index contributed by atoms with van der Waals surface area (Å²) in [5.41, 5.74) is 4.53. The highest BCUT2D eigenvalue weighted by Crippen LogP contribution is 2.40. The van der Waals surface area contributed by atoms with Crippen LogP contribution in [0.3, 0.4) is 0 Å². The second-order valence-electron chi connectivity index (χ2n) is 9.03. The molecule has 1 amide bonds. The molecule has 1 atom stereocenters. The average Bonchev–Trinajstić information content (AvgIpc) is 3.06. The number of morpholine rings is 1. The summed E-state index contributed by atoms with van der Waals surface area (Å²) in [6, 6.07) is 13.0. The van der Waals surface area contributed by atoms with Crippen LogP contribution in [0.25, 0.3) is 5.76 Å². The molecule has 2 aromatic rings. The molecule has 2 aliphatic rings. The first-order valence-electron chi connectivity index (χ1n) is 11.6. The normalized spacial score (nSPS) is 21.1. The van der Waals surface area contributed by atoms with Crippen molar-refractivity contribution in [3.05, 3.63) is 75.9 Å². The number of hydrogen-bond donors (Lipinski definition) is 1. The summed E-state index contributed by atoms with van der Waals surface area (Å²) in [6.45, 7) is 10.3. The van der Waals surface area contributed by atoms with Crippen LogP contribution in [0.5, 0.6) is 0 Å². The highest BCUT2D eigenvalue weighted by Gasteiger charge is 2.45. The monoisotopic (exact) mass is 448 g/mol. The van der Waals surface area contributed by atoms with E-state index in [2.05, 4.69) is 4.90 Å². The van der Waals surface area contributed by atoms with Gasteiger partial charge in [0.15, 0.2) is 0 Å². The van der Waals surface area contributed by atoms with E-state index in [4.69, 9.17) is 4.74 Å². The molecule has 0 spiro atoms. The highest BCUT2D eigenvalue weighted by atomic mass is 16.5. The third kappa shape index (κ3) is 4.87. The number of benzene rings is 2. The number of rotatable bonds is 6. The fourth-order valence-corrected chi connectivity index (χ4v) is 4.63. The molecular formula is C27H32N2O4. The molecule has 6 heteroatoms. The minimum absolute atomic E-state index is 0.101. The summed E-state index contributed by atoms with van der Waals surface area (Å²) >= 11 is 0. The molecule has 0 aliphatic carbocycles. The summed E-state index contributed by atoms with van der Waals surface area (Å²) in [4.78, 5) is 30.3. The van der Waals surface area contributed by atoms with Crippen molar-refractivity contribution in [1.29, 1.82) is 0 Å². The van der Waals surface area contributed by atoms with E-state index in [9.17, 15) is 14.7 Å². The Morgan fingerprint density at radius 3 is 2.33 bits per heavy atom. The van der Waals surface area contributed by atoms with E-state index in [1.54, 1.807) is 4.90 Å². The van der Waals surface area contributed by atoms with Crippen LogP contribution in [0, 0.1) is 20.8 Å². The number of aliphatic hydroxyl groups excluding tert-OH is 1. The summed E-state index contributed by atoms with van der Waals surface area (Å²) in [6.07, 6.45) is 0.749. The van der Waals surface area contributed by atoms with Gasteiger partial charge in [-0.25, -0.2) is 0 Å². The maximum Gasteiger partial charge on any atom is 0.295 e. The number of likely N-dealkylation sites (tertiary alicyclic amines) is 1. The SMILES string of the molecule is Cc1ccc([C@@H]2C(=C(O)c3cc(C)ccc3C)C(=O)C(=O)N2CCCN2CCOCC2)cc1. The van der Waals surface area contributed by atoms with E-state index in [1.165, 1.54) is 0 Å². The van der Waals surface area contributed by atoms with Crippen LogP contribution in [-0.4, -0.2) is 66.0 Å². The predicted octanol–water partition coefficient (Wildman–Crippen LogP) is 3.76. The van der Waals surface area contributed by atoms with Gasteiger partial charge in [0.1, 0.15) is 5.76 Å². The maximum absolute atomic E-state index is 13.2. The zero-order chi connectivity index (χ0) is 23.5. The molecule has 0 aromatic heterocycles. The Kier molecular flexibility index (Phi) is 6.96. The molecule has 2 heterocycles. The fourth-order valence-electron chi connectivity index (χ4n) is 4.63. The Hall–Kier alpha value is -2.96. The van der Waals surface area contributed by atoms with Crippen molar-refractivity contribution in [3.8, 4) is 0 Å². The number of Topliss-reactive ketones (excluding diaryl/α,β-unsaturated/α-hetero) is 1. The number of nitrogens with zero attached hydrogens (tertiary/aromatic N) is 2. The molecule has 2 aliphatic heterocycles. The lowest BCUT2D eigenvalue weighted by Gasteiger charge is -2.29. The Morgan fingerprint density at radius 1 is 0.970 bits per heavy atom. The van der Waals surface area contributed by atoms with Gasteiger partial charge in [-0.05, 0) is 44.4 Å². The first-order chi connectivity index (χ1) is 15.9. The molecule has 0 radical (unpaired) electrons. The molecule has 33 heavy (non-hydrogen) atoms. The number of ether oxygens (including phenoxy) is 1. The molecule has 0 saturated carbocycles. The number of hydrogen-bond acceptors (Lipinski definition) is 5. The molecule has 4 rings (SSSR count). The number of ketones is 1. The van der Waals surface area contributed by atoms with Crippen LogP contribution in [0.2, 0.25) is 0 Å². The largest absolute Gasteiger partial charge is 0.507 e. The van der Waals surface area contributed by atoms with Crippen molar-refractivity contribution in [2.45, 2.75) is 33.2 Å². The van der Waals surface area contributed by atoms with E-state index in [0.717, 1.165) is 61.5 Å². The van der Waals surface area contributed by atoms with Crippen molar-refractivity contribution < 1.29 is 19.4 Å². The third-order valence-corrected chi connectivity index (χ3v) is 6.56. The predicted molar refractivity (Wildman–Crippen MR) is 128 cm³/mol. The minimum Gasteiger partial charge on any atom is -0.507 e. The molecule has 2 fully saturated rings. The van der Waals surface area contributed by atoms with Gasteiger partial charge in [0.25, 0.3) is 11.7 Å². The number of aryl methyl sites for hydroxylation is 3. The number of carbonyl (C=O) groups excluding carboxylic acids is 2. The van der Waals surface area contributed by atoms with Gasteiger partial charge in [-0.3, -0.25) is 14.5 Å².